The van der Waals surface area contributed by atoms with Crippen LogP contribution in [0.4, 0.5) is 10.1 Å². The smallest absolute Gasteiger partial charge is 0.168 e. The minimum absolute atomic E-state index is 0.149. The molecule has 4 rings (SSSR count). The normalized spacial score (nSPS) is 21.6. The monoisotopic (exact) mass is 402 g/mol. The van der Waals surface area contributed by atoms with Gasteiger partial charge in [-0.1, -0.05) is 31.9 Å². The first kappa shape index (κ1) is 20.2. The number of anilines is 1. The number of aromatic nitrogens is 4. The SMILES string of the molecule is CCCC[C@@H](c1nnnn1C[C@@H]1CCCO1)N1CCN(c2ccccc2F)CC1. The van der Waals surface area contributed by atoms with Crippen molar-refractivity contribution in [1.29, 1.82) is 0 Å². The molecule has 2 aliphatic heterocycles. The fourth-order valence-corrected chi connectivity index (χ4v) is 4.42. The number of rotatable bonds is 8. The molecule has 2 fully saturated rings. The van der Waals surface area contributed by atoms with E-state index in [9.17, 15) is 4.39 Å². The summed E-state index contributed by atoms with van der Waals surface area (Å²) in [6.07, 6.45) is 5.69. The predicted molar refractivity (Wildman–Crippen MR) is 109 cm³/mol. The van der Waals surface area contributed by atoms with Gasteiger partial charge in [0.1, 0.15) is 5.82 Å². The van der Waals surface area contributed by atoms with Gasteiger partial charge in [0.2, 0.25) is 0 Å². The van der Waals surface area contributed by atoms with E-state index in [-0.39, 0.29) is 18.0 Å². The fourth-order valence-electron chi connectivity index (χ4n) is 4.42. The van der Waals surface area contributed by atoms with Crippen LogP contribution in [0.2, 0.25) is 0 Å². The van der Waals surface area contributed by atoms with Crippen molar-refractivity contribution in [2.24, 2.45) is 0 Å². The Balaban J connectivity index is 1.45. The number of hydrogen-bond acceptors (Lipinski definition) is 6. The zero-order valence-corrected chi connectivity index (χ0v) is 17.2. The molecular weight excluding hydrogens is 371 g/mol. The van der Waals surface area contributed by atoms with E-state index in [0.29, 0.717) is 5.69 Å². The molecule has 2 saturated heterocycles. The molecular formula is C21H31FN6O. The summed E-state index contributed by atoms with van der Waals surface area (Å²) >= 11 is 0. The molecule has 7 nitrogen and oxygen atoms in total. The molecule has 8 heteroatoms. The molecule has 0 aliphatic carbocycles. The summed E-state index contributed by atoms with van der Waals surface area (Å²) in [5.74, 6) is 0.789. The molecule has 0 N–H and O–H groups in total. The Bertz CT molecular complexity index is 770. The predicted octanol–water partition coefficient (Wildman–Crippen LogP) is 3.04. The molecule has 0 radical (unpaired) electrons. The van der Waals surface area contributed by atoms with Gasteiger partial charge in [0.05, 0.1) is 24.4 Å². The molecule has 1 aromatic carbocycles. The molecule has 158 valence electrons. The van der Waals surface area contributed by atoms with Crippen LogP contribution in [0.25, 0.3) is 0 Å². The first-order valence-electron chi connectivity index (χ1n) is 10.9. The lowest BCUT2D eigenvalue weighted by Gasteiger charge is -2.40. The van der Waals surface area contributed by atoms with E-state index >= 15 is 0 Å². The van der Waals surface area contributed by atoms with Gasteiger partial charge < -0.3 is 9.64 Å². The second-order valence-electron chi connectivity index (χ2n) is 7.99. The molecule has 29 heavy (non-hydrogen) atoms. The van der Waals surface area contributed by atoms with Crippen LogP contribution in [-0.4, -0.2) is 64.0 Å². The van der Waals surface area contributed by atoms with Crippen molar-refractivity contribution in [2.75, 3.05) is 37.7 Å². The third kappa shape index (κ3) is 4.75. The summed E-state index contributed by atoms with van der Waals surface area (Å²) in [5, 5.41) is 12.7. The van der Waals surface area contributed by atoms with Crippen molar-refractivity contribution in [2.45, 2.75) is 57.7 Å². The number of nitrogens with zero attached hydrogens (tertiary/aromatic N) is 6. The maximum Gasteiger partial charge on any atom is 0.168 e. The maximum atomic E-state index is 14.2. The Labute approximate surface area is 171 Å². The molecule has 0 spiro atoms. The molecule has 3 heterocycles. The standard InChI is InChI=1S/C21H31FN6O/c1-2-3-9-20(21-23-24-25-28(21)16-17-7-6-15-29-17)27-13-11-26(12-14-27)19-10-5-4-8-18(19)22/h4-5,8,10,17,20H,2-3,6-7,9,11-16H2,1H3/t17-,20-/m0/s1. The Morgan fingerprint density at radius 2 is 2.03 bits per heavy atom. The van der Waals surface area contributed by atoms with E-state index in [1.54, 1.807) is 6.07 Å². The highest BCUT2D eigenvalue weighted by Gasteiger charge is 2.30. The Hall–Kier alpha value is -2.06. The largest absolute Gasteiger partial charge is 0.376 e. The second-order valence-corrected chi connectivity index (χ2v) is 7.99. The van der Waals surface area contributed by atoms with Gasteiger partial charge in [-0.05, 0) is 41.8 Å². The highest BCUT2D eigenvalue weighted by atomic mass is 19.1. The van der Waals surface area contributed by atoms with Crippen LogP contribution < -0.4 is 4.90 Å². The van der Waals surface area contributed by atoms with Crippen LogP contribution in [0.15, 0.2) is 24.3 Å². The van der Waals surface area contributed by atoms with Gasteiger partial charge >= 0.3 is 0 Å². The second kappa shape index (κ2) is 9.63. The van der Waals surface area contributed by atoms with Crippen molar-refractivity contribution in [3.05, 3.63) is 35.9 Å². The number of hydrogen-bond donors (Lipinski definition) is 0. The summed E-state index contributed by atoms with van der Waals surface area (Å²) in [5.41, 5.74) is 0.695. The lowest BCUT2D eigenvalue weighted by molar-refractivity contribution is 0.0890. The van der Waals surface area contributed by atoms with Gasteiger partial charge in [0, 0.05) is 32.8 Å². The fraction of sp³-hybridized carbons (Fsp3) is 0.667. The summed E-state index contributed by atoms with van der Waals surface area (Å²) in [6, 6.07) is 7.22. The highest BCUT2D eigenvalue weighted by Crippen LogP contribution is 2.28. The minimum atomic E-state index is -0.149. The third-order valence-electron chi connectivity index (χ3n) is 6.04. The average molecular weight is 403 g/mol. The number of halogens is 1. The van der Waals surface area contributed by atoms with Crippen molar-refractivity contribution in [1.82, 2.24) is 25.1 Å². The van der Waals surface area contributed by atoms with Gasteiger partial charge in [0.25, 0.3) is 0 Å². The van der Waals surface area contributed by atoms with Gasteiger partial charge in [-0.3, -0.25) is 4.90 Å². The highest BCUT2D eigenvalue weighted by molar-refractivity contribution is 5.48. The molecule has 1 aromatic heterocycles. The quantitative estimate of drug-likeness (QED) is 0.676. The van der Waals surface area contributed by atoms with Crippen molar-refractivity contribution >= 4 is 5.69 Å². The maximum absolute atomic E-state index is 14.2. The molecule has 0 bridgehead atoms. The minimum Gasteiger partial charge on any atom is -0.376 e. The van der Waals surface area contributed by atoms with Crippen LogP contribution in [0.1, 0.15) is 50.9 Å². The third-order valence-corrected chi connectivity index (χ3v) is 6.04. The van der Waals surface area contributed by atoms with Crippen molar-refractivity contribution < 1.29 is 9.13 Å². The first-order chi connectivity index (χ1) is 14.3. The van der Waals surface area contributed by atoms with Crippen LogP contribution in [-0.2, 0) is 11.3 Å². The molecule has 2 atom stereocenters. The number of unbranched alkanes of at least 4 members (excludes halogenated alkanes) is 1. The number of ether oxygens (including phenoxy) is 1. The van der Waals surface area contributed by atoms with Gasteiger partial charge in [0.15, 0.2) is 5.82 Å². The zero-order chi connectivity index (χ0) is 20.1. The van der Waals surface area contributed by atoms with Gasteiger partial charge in [-0.15, -0.1) is 5.10 Å². The Morgan fingerprint density at radius 1 is 1.21 bits per heavy atom. The lowest BCUT2D eigenvalue weighted by atomic mass is 10.1. The Kier molecular flexibility index (Phi) is 6.71. The van der Waals surface area contributed by atoms with E-state index in [1.807, 2.05) is 16.8 Å². The first-order valence-corrected chi connectivity index (χ1v) is 10.9. The molecule has 2 aromatic rings. The van der Waals surface area contributed by atoms with Crippen molar-refractivity contribution in [3.63, 3.8) is 0 Å². The number of para-hydroxylation sites is 1. The summed E-state index contributed by atoms with van der Waals surface area (Å²) in [7, 11) is 0. The van der Waals surface area contributed by atoms with E-state index < -0.39 is 0 Å². The Morgan fingerprint density at radius 3 is 2.76 bits per heavy atom. The topological polar surface area (TPSA) is 59.3 Å². The summed E-state index contributed by atoms with van der Waals surface area (Å²) in [4.78, 5) is 4.60. The summed E-state index contributed by atoms with van der Waals surface area (Å²) in [6.45, 7) is 7.11. The van der Waals surface area contributed by atoms with Crippen LogP contribution in [0.5, 0.6) is 0 Å². The van der Waals surface area contributed by atoms with Crippen LogP contribution in [0.3, 0.4) is 0 Å². The van der Waals surface area contributed by atoms with Crippen LogP contribution in [0, 0.1) is 5.82 Å². The average Bonchev–Trinajstić information content (AvgIpc) is 3.42. The zero-order valence-electron chi connectivity index (χ0n) is 17.2. The van der Waals surface area contributed by atoms with E-state index in [1.165, 1.54) is 6.07 Å². The van der Waals surface area contributed by atoms with Crippen molar-refractivity contribution in [3.8, 4) is 0 Å². The number of benzene rings is 1. The van der Waals surface area contributed by atoms with E-state index in [0.717, 1.165) is 77.3 Å². The lowest BCUT2D eigenvalue weighted by Crippen LogP contribution is -2.48. The molecule has 2 aliphatic rings. The number of tetrazole rings is 1. The molecule has 0 saturated carbocycles. The summed E-state index contributed by atoms with van der Waals surface area (Å²) < 4.78 is 21.9. The van der Waals surface area contributed by atoms with Gasteiger partial charge in [-0.2, -0.15) is 0 Å². The molecule has 0 unspecified atom stereocenters. The van der Waals surface area contributed by atoms with Gasteiger partial charge in [-0.25, -0.2) is 9.07 Å². The molecule has 0 amide bonds. The van der Waals surface area contributed by atoms with E-state index in [4.69, 9.17) is 4.74 Å². The van der Waals surface area contributed by atoms with Crippen LogP contribution >= 0.6 is 0 Å². The number of piperazine rings is 1. The van der Waals surface area contributed by atoms with E-state index in [2.05, 4.69) is 32.2 Å².